The molecule has 4 aliphatic carbocycles. The molecule has 0 heteroatoms. The summed E-state index contributed by atoms with van der Waals surface area (Å²) in [6.45, 7) is 10.4. The van der Waals surface area contributed by atoms with E-state index >= 15 is 0 Å². The predicted octanol–water partition coefficient (Wildman–Crippen LogP) is 7.08. The Kier molecular flexibility index (Phi) is 4.13. The number of hydrogen-bond donors (Lipinski definition) is 0. The van der Waals surface area contributed by atoms with Crippen molar-refractivity contribution in [1.82, 2.24) is 0 Å². The fourth-order valence-corrected chi connectivity index (χ4v) is 8.55. The third kappa shape index (κ3) is 2.29. The van der Waals surface area contributed by atoms with Crippen molar-refractivity contribution in [3.05, 3.63) is 0 Å². The molecule has 0 N–H and O–H groups in total. The predicted molar refractivity (Wildman–Crippen MR) is 99.3 cm³/mol. The van der Waals surface area contributed by atoms with Gasteiger partial charge >= 0.3 is 0 Å². The smallest absolute Gasteiger partial charge is 0.0264 e. The second-order valence-electron chi connectivity index (χ2n) is 10.5. The Morgan fingerprint density at radius 1 is 0.826 bits per heavy atom. The van der Waals surface area contributed by atoms with Gasteiger partial charge in [0.1, 0.15) is 0 Å². The second-order valence-corrected chi connectivity index (χ2v) is 10.5. The van der Waals surface area contributed by atoms with Crippen molar-refractivity contribution in [2.75, 3.05) is 0 Å². The summed E-state index contributed by atoms with van der Waals surface area (Å²) in [4.78, 5) is 0. The van der Waals surface area contributed by atoms with Gasteiger partial charge in [0.25, 0.3) is 0 Å². The maximum Gasteiger partial charge on any atom is -0.0264 e. The molecule has 0 aromatic heterocycles. The zero-order valence-corrected chi connectivity index (χ0v) is 16.2. The molecule has 0 bridgehead atoms. The molecular formula is C23H40. The maximum atomic E-state index is 2.72. The van der Waals surface area contributed by atoms with Crippen LogP contribution in [0.5, 0.6) is 0 Å². The lowest BCUT2D eigenvalue weighted by atomic mass is 9.44. The summed E-state index contributed by atoms with van der Waals surface area (Å²) in [6.07, 6.45) is 16.9. The highest BCUT2D eigenvalue weighted by atomic mass is 14.6. The second kappa shape index (κ2) is 5.77. The topological polar surface area (TPSA) is 0 Å². The summed E-state index contributed by atoms with van der Waals surface area (Å²) in [6, 6.07) is 0. The van der Waals surface area contributed by atoms with Crippen LogP contribution in [0.4, 0.5) is 0 Å². The number of fused-ring (bicyclic) bond motifs is 5. The van der Waals surface area contributed by atoms with Gasteiger partial charge in [-0.25, -0.2) is 0 Å². The fraction of sp³-hybridized carbons (Fsp3) is 1.00. The van der Waals surface area contributed by atoms with Gasteiger partial charge in [-0.3, -0.25) is 0 Å². The SMILES string of the molecule is CCC(C)C1CCC2C3CCC4CCCC[C@]4(C)C3CC[C@]12C. The summed E-state index contributed by atoms with van der Waals surface area (Å²) in [5.74, 6) is 6.28. The van der Waals surface area contributed by atoms with Crippen LogP contribution >= 0.6 is 0 Å². The third-order valence-electron chi connectivity index (χ3n) is 9.99. The first-order valence-corrected chi connectivity index (χ1v) is 11.0. The van der Waals surface area contributed by atoms with Crippen LogP contribution in [-0.4, -0.2) is 0 Å². The lowest BCUT2D eigenvalue weighted by Gasteiger charge is -2.61. The van der Waals surface area contributed by atoms with Crippen molar-refractivity contribution in [3.8, 4) is 0 Å². The van der Waals surface area contributed by atoms with E-state index in [2.05, 4.69) is 27.7 Å². The molecule has 132 valence electrons. The molecule has 0 heterocycles. The van der Waals surface area contributed by atoms with Gasteiger partial charge in [-0.15, -0.1) is 0 Å². The minimum atomic E-state index is 0.689. The molecule has 0 spiro atoms. The summed E-state index contributed by atoms with van der Waals surface area (Å²) in [5.41, 5.74) is 1.41. The molecule has 0 nitrogen and oxygen atoms in total. The standard InChI is InChI=1S/C23H40/c1-5-16(2)19-11-12-20-18-10-9-17-8-6-7-14-22(17,3)21(18)13-15-23(19,20)4/h16-21H,5-15H2,1-4H3/t16?,17?,18?,19?,20?,21?,22-,23+/m0/s1. The Morgan fingerprint density at radius 2 is 1.61 bits per heavy atom. The van der Waals surface area contributed by atoms with Crippen LogP contribution in [0.15, 0.2) is 0 Å². The molecule has 0 saturated heterocycles. The zero-order chi connectivity index (χ0) is 16.2. The monoisotopic (exact) mass is 316 g/mol. The Labute approximate surface area is 145 Å². The number of hydrogen-bond acceptors (Lipinski definition) is 0. The molecule has 4 aliphatic rings. The highest BCUT2D eigenvalue weighted by Gasteiger charge is 2.59. The van der Waals surface area contributed by atoms with Gasteiger partial charge in [0.2, 0.25) is 0 Å². The van der Waals surface area contributed by atoms with Gasteiger partial charge in [-0.1, -0.05) is 47.0 Å². The van der Waals surface area contributed by atoms with Crippen LogP contribution in [0.2, 0.25) is 0 Å². The molecule has 0 amide bonds. The van der Waals surface area contributed by atoms with Gasteiger partial charge in [-0.05, 0) is 97.7 Å². The molecule has 23 heavy (non-hydrogen) atoms. The Bertz CT molecular complexity index is 439. The highest BCUT2D eigenvalue weighted by Crippen LogP contribution is 2.68. The Balaban J connectivity index is 1.60. The van der Waals surface area contributed by atoms with Crippen LogP contribution in [0.25, 0.3) is 0 Å². The van der Waals surface area contributed by atoms with E-state index in [4.69, 9.17) is 0 Å². The van der Waals surface area contributed by atoms with E-state index < -0.39 is 0 Å². The van der Waals surface area contributed by atoms with Crippen LogP contribution in [0.1, 0.15) is 98.3 Å². The summed E-state index contributed by atoms with van der Waals surface area (Å²) in [5, 5.41) is 0. The Hall–Kier alpha value is 0. The molecular weight excluding hydrogens is 276 g/mol. The van der Waals surface area contributed by atoms with Gasteiger partial charge in [0.05, 0.1) is 0 Å². The van der Waals surface area contributed by atoms with E-state index in [1.165, 1.54) is 19.3 Å². The summed E-state index contributed by atoms with van der Waals surface area (Å²) >= 11 is 0. The van der Waals surface area contributed by atoms with Crippen LogP contribution < -0.4 is 0 Å². The lowest BCUT2D eigenvalue weighted by molar-refractivity contribution is -0.114. The van der Waals surface area contributed by atoms with Gasteiger partial charge in [0, 0.05) is 0 Å². The molecule has 8 atom stereocenters. The van der Waals surface area contributed by atoms with Gasteiger partial charge in [-0.2, -0.15) is 0 Å². The first-order valence-electron chi connectivity index (χ1n) is 11.0. The lowest BCUT2D eigenvalue weighted by Crippen LogP contribution is -2.53. The largest absolute Gasteiger partial charge is 0.0651 e. The molecule has 0 aliphatic heterocycles. The Morgan fingerprint density at radius 3 is 2.39 bits per heavy atom. The molecule has 0 radical (unpaired) electrons. The minimum absolute atomic E-state index is 0.689. The van der Waals surface area contributed by atoms with E-state index in [1.54, 1.807) is 51.4 Å². The first-order chi connectivity index (χ1) is 11.0. The molecule has 0 aromatic carbocycles. The first kappa shape index (κ1) is 16.5. The van der Waals surface area contributed by atoms with Crippen molar-refractivity contribution in [3.63, 3.8) is 0 Å². The number of rotatable bonds is 2. The van der Waals surface area contributed by atoms with Gasteiger partial charge < -0.3 is 0 Å². The van der Waals surface area contributed by atoms with E-state index in [-0.39, 0.29) is 0 Å². The molecule has 0 aromatic rings. The van der Waals surface area contributed by atoms with Crippen LogP contribution in [0, 0.1) is 46.3 Å². The van der Waals surface area contributed by atoms with Crippen molar-refractivity contribution in [2.45, 2.75) is 98.3 Å². The normalized spacial score (nSPS) is 54.0. The summed E-state index contributed by atoms with van der Waals surface area (Å²) in [7, 11) is 0. The average Bonchev–Trinajstić information content (AvgIpc) is 2.91. The fourth-order valence-electron chi connectivity index (χ4n) is 8.55. The van der Waals surface area contributed by atoms with Gasteiger partial charge in [0.15, 0.2) is 0 Å². The van der Waals surface area contributed by atoms with E-state index in [0.717, 1.165) is 40.9 Å². The molecule has 6 unspecified atom stereocenters. The van der Waals surface area contributed by atoms with E-state index in [1.807, 2.05) is 0 Å². The van der Waals surface area contributed by atoms with Crippen molar-refractivity contribution in [1.29, 1.82) is 0 Å². The van der Waals surface area contributed by atoms with E-state index in [0.29, 0.717) is 5.41 Å². The van der Waals surface area contributed by atoms with Crippen molar-refractivity contribution < 1.29 is 0 Å². The quantitative estimate of drug-likeness (QED) is 0.510. The molecule has 4 rings (SSSR count). The third-order valence-corrected chi connectivity index (χ3v) is 9.99. The minimum Gasteiger partial charge on any atom is -0.0651 e. The van der Waals surface area contributed by atoms with Crippen LogP contribution in [0.3, 0.4) is 0 Å². The van der Waals surface area contributed by atoms with Crippen LogP contribution in [-0.2, 0) is 0 Å². The molecule has 4 fully saturated rings. The molecule has 4 saturated carbocycles. The zero-order valence-electron chi connectivity index (χ0n) is 16.2. The van der Waals surface area contributed by atoms with E-state index in [9.17, 15) is 0 Å². The maximum absolute atomic E-state index is 2.72. The summed E-state index contributed by atoms with van der Waals surface area (Å²) < 4.78 is 0. The van der Waals surface area contributed by atoms with Crippen molar-refractivity contribution >= 4 is 0 Å². The average molecular weight is 317 g/mol. The highest BCUT2D eigenvalue weighted by molar-refractivity contribution is 5.09. The van der Waals surface area contributed by atoms with Crippen molar-refractivity contribution in [2.24, 2.45) is 46.3 Å².